The molecule has 3 nitrogen and oxygen atoms in total. The minimum atomic E-state index is 0.0376. The Morgan fingerprint density at radius 1 is 1.33 bits per heavy atom. The van der Waals surface area contributed by atoms with Crippen LogP contribution in [0.15, 0.2) is 41.9 Å². The van der Waals surface area contributed by atoms with Crippen molar-refractivity contribution < 1.29 is 0 Å². The number of hydrogen-bond donors (Lipinski definition) is 1. The highest BCUT2D eigenvalue weighted by atomic mass is 32.1. The van der Waals surface area contributed by atoms with E-state index in [0.29, 0.717) is 0 Å². The van der Waals surface area contributed by atoms with Crippen LogP contribution in [0.5, 0.6) is 0 Å². The van der Waals surface area contributed by atoms with Crippen molar-refractivity contribution in [2.24, 2.45) is 0 Å². The molecule has 1 aliphatic rings. The van der Waals surface area contributed by atoms with Gasteiger partial charge in [-0.05, 0) is 31.5 Å². The van der Waals surface area contributed by atoms with Crippen LogP contribution in [0.2, 0.25) is 0 Å². The highest BCUT2D eigenvalue weighted by molar-refractivity contribution is 7.09. The molecule has 0 saturated carbocycles. The quantitative estimate of drug-likeness (QED) is 0.919. The molecule has 3 rings (SSSR count). The lowest BCUT2D eigenvalue weighted by Crippen LogP contribution is -2.54. The highest BCUT2D eigenvalue weighted by Crippen LogP contribution is 2.33. The SMILES string of the molecule is CCNC1(c2nccs2)CCCN(Cc2ccccc2)C1. The third-order valence-corrected chi connectivity index (χ3v) is 5.15. The van der Waals surface area contributed by atoms with Gasteiger partial charge < -0.3 is 5.32 Å². The van der Waals surface area contributed by atoms with E-state index in [1.165, 1.54) is 30.0 Å². The minimum absolute atomic E-state index is 0.0376. The van der Waals surface area contributed by atoms with E-state index in [2.05, 4.69) is 57.8 Å². The van der Waals surface area contributed by atoms with Crippen LogP contribution in [0, 0.1) is 0 Å². The summed E-state index contributed by atoms with van der Waals surface area (Å²) in [6, 6.07) is 10.8. The first-order valence-corrected chi connectivity index (χ1v) is 8.62. The number of hydrogen-bond acceptors (Lipinski definition) is 4. The summed E-state index contributed by atoms with van der Waals surface area (Å²) < 4.78 is 0. The third-order valence-electron chi connectivity index (χ3n) is 4.18. The first-order chi connectivity index (χ1) is 10.3. The number of piperidine rings is 1. The van der Waals surface area contributed by atoms with Gasteiger partial charge in [0.05, 0.1) is 5.54 Å². The third kappa shape index (κ3) is 3.34. The fourth-order valence-electron chi connectivity index (χ4n) is 3.31. The van der Waals surface area contributed by atoms with E-state index in [1.807, 2.05) is 6.20 Å². The number of nitrogens with one attached hydrogen (secondary N) is 1. The van der Waals surface area contributed by atoms with Crippen molar-refractivity contribution >= 4 is 11.3 Å². The van der Waals surface area contributed by atoms with E-state index in [9.17, 15) is 0 Å². The van der Waals surface area contributed by atoms with Gasteiger partial charge in [-0.3, -0.25) is 4.90 Å². The van der Waals surface area contributed by atoms with Crippen LogP contribution in [0.25, 0.3) is 0 Å². The number of nitrogens with zero attached hydrogens (tertiary/aromatic N) is 2. The Hall–Kier alpha value is -1.23. The molecule has 1 saturated heterocycles. The number of rotatable bonds is 5. The lowest BCUT2D eigenvalue weighted by molar-refractivity contribution is 0.115. The Kier molecular flexibility index (Phi) is 4.68. The monoisotopic (exact) mass is 301 g/mol. The summed E-state index contributed by atoms with van der Waals surface area (Å²) in [5.41, 5.74) is 1.43. The molecular formula is C17H23N3S. The van der Waals surface area contributed by atoms with Crippen molar-refractivity contribution in [2.45, 2.75) is 31.8 Å². The molecule has 0 bridgehead atoms. The molecule has 1 fully saturated rings. The number of likely N-dealkylation sites (N-methyl/N-ethyl adjacent to an activating group) is 1. The molecule has 0 spiro atoms. The topological polar surface area (TPSA) is 28.2 Å². The van der Waals surface area contributed by atoms with Crippen LogP contribution in [-0.4, -0.2) is 29.5 Å². The molecule has 1 atom stereocenters. The second-order valence-corrected chi connectivity index (χ2v) is 6.64. The Bertz CT molecular complexity index is 536. The molecule has 1 aromatic heterocycles. The van der Waals surface area contributed by atoms with Crippen molar-refractivity contribution in [3.63, 3.8) is 0 Å². The fourth-order valence-corrected chi connectivity index (χ4v) is 4.15. The molecule has 112 valence electrons. The average Bonchev–Trinajstić information content (AvgIpc) is 3.04. The van der Waals surface area contributed by atoms with Gasteiger partial charge >= 0.3 is 0 Å². The Morgan fingerprint density at radius 2 is 2.19 bits per heavy atom. The van der Waals surface area contributed by atoms with Gasteiger partial charge in [0.25, 0.3) is 0 Å². The highest BCUT2D eigenvalue weighted by Gasteiger charge is 2.38. The Balaban J connectivity index is 1.77. The second-order valence-electron chi connectivity index (χ2n) is 5.75. The molecule has 0 aliphatic carbocycles. The summed E-state index contributed by atoms with van der Waals surface area (Å²) in [6.07, 6.45) is 4.33. The maximum Gasteiger partial charge on any atom is 0.114 e. The van der Waals surface area contributed by atoms with Crippen LogP contribution in [0.1, 0.15) is 30.3 Å². The van der Waals surface area contributed by atoms with Gasteiger partial charge in [0.1, 0.15) is 5.01 Å². The van der Waals surface area contributed by atoms with E-state index < -0.39 is 0 Å². The standard InChI is InChI=1S/C17H23N3S/c1-2-19-17(16-18-10-12-21-16)9-6-11-20(14-17)13-15-7-4-3-5-8-15/h3-5,7-8,10,12,19H,2,6,9,11,13-14H2,1H3. The molecule has 21 heavy (non-hydrogen) atoms. The van der Waals surface area contributed by atoms with Gasteiger partial charge in [-0.1, -0.05) is 37.3 Å². The van der Waals surface area contributed by atoms with Crippen molar-refractivity contribution in [2.75, 3.05) is 19.6 Å². The van der Waals surface area contributed by atoms with Gasteiger partial charge in [-0.15, -0.1) is 11.3 Å². The van der Waals surface area contributed by atoms with Crippen LogP contribution in [-0.2, 0) is 12.1 Å². The van der Waals surface area contributed by atoms with E-state index in [-0.39, 0.29) is 5.54 Å². The first kappa shape index (κ1) is 14.7. The molecule has 1 N–H and O–H groups in total. The maximum atomic E-state index is 4.60. The second kappa shape index (κ2) is 6.69. The number of likely N-dealkylation sites (tertiary alicyclic amines) is 1. The molecular weight excluding hydrogens is 278 g/mol. The normalized spacial score (nSPS) is 23.3. The Morgan fingerprint density at radius 3 is 2.90 bits per heavy atom. The smallest absolute Gasteiger partial charge is 0.114 e. The summed E-state index contributed by atoms with van der Waals surface area (Å²) in [5, 5.41) is 7.05. The van der Waals surface area contributed by atoms with Crippen molar-refractivity contribution in [1.82, 2.24) is 15.2 Å². The van der Waals surface area contributed by atoms with E-state index in [0.717, 1.165) is 19.6 Å². The van der Waals surface area contributed by atoms with Crippen LogP contribution < -0.4 is 5.32 Å². The maximum absolute atomic E-state index is 4.60. The molecule has 1 aromatic carbocycles. The van der Waals surface area contributed by atoms with Gasteiger partial charge in [0.2, 0.25) is 0 Å². The van der Waals surface area contributed by atoms with Crippen molar-refractivity contribution in [3.05, 3.63) is 52.5 Å². The average molecular weight is 301 g/mol. The lowest BCUT2D eigenvalue weighted by atomic mass is 9.89. The summed E-state index contributed by atoms with van der Waals surface area (Å²) >= 11 is 1.78. The fraction of sp³-hybridized carbons (Fsp3) is 0.471. The van der Waals surface area contributed by atoms with Gasteiger partial charge in [0, 0.05) is 24.7 Å². The number of thiazole rings is 1. The van der Waals surface area contributed by atoms with E-state index >= 15 is 0 Å². The molecule has 0 amide bonds. The largest absolute Gasteiger partial charge is 0.305 e. The summed E-state index contributed by atoms with van der Waals surface area (Å²) in [5.74, 6) is 0. The first-order valence-electron chi connectivity index (χ1n) is 7.74. The summed E-state index contributed by atoms with van der Waals surface area (Å²) in [4.78, 5) is 7.16. The summed E-state index contributed by atoms with van der Waals surface area (Å²) in [7, 11) is 0. The number of benzene rings is 1. The predicted octanol–water partition coefficient (Wildman–Crippen LogP) is 3.24. The van der Waals surface area contributed by atoms with Crippen LogP contribution >= 0.6 is 11.3 Å². The number of aromatic nitrogens is 1. The Labute approximate surface area is 131 Å². The van der Waals surface area contributed by atoms with Gasteiger partial charge in [-0.25, -0.2) is 4.98 Å². The van der Waals surface area contributed by atoms with Gasteiger partial charge in [-0.2, -0.15) is 0 Å². The predicted molar refractivity (Wildman–Crippen MR) is 88.4 cm³/mol. The van der Waals surface area contributed by atoms with Crippen LogP contribution in [0.3, 0.4) is 0 Å². The molecule has 2 heterocycles. The zero-order valence-electron chi connectivity index (χ0n) is 12.6. The molecule has 0 radical (unpaired) electrons. The van der Waals surface area contributed by atoms with Gasteiger partial charge in [0.15, 0.2) is 0 Å². The summed E-state index contributed by atoms with van der Waals surface area (Å²) in [6.45, 7) is 6.42. The molecule has 1 unspecified atom stereocenters. The zero-order valence-corrected chi connectivity index (χ0v) is 13.4. The molecule has 4 heteroatoms. The lowest BCUT2D eigenvalue weighted by Gasteiger charge is -2.42. The van der Waals surface area contributed by atoms with Crippen molar-refractivity contribution in [3.8, 4) is 0 Å². The van der Waals surface area contributed by atoms with E-state index in [4.69, 9.17) is 0 Å². The molecule has 1 aliphatic heterocycles. The molecule has 2 aromatic rings. The minimum Gasteiger partial charge on any atom is -0.305 e. The zero-order chi connectivity index (χ0) is 14.5. The van der Waals surface area contributed by atoms with Crippen molar-refractivity contribution in [1.29, 1.82) is 0 Å². The van der Waals surface area contributed by atoms with E-state index in [1.54, 1.807) is 11.3 Å². The van der Waals surface area contributed by atoms with Crippen LogP contribution in [0.4, 0.5) is 0 Å².